The third-order valence-corrected chi connectivity index (χ3v) is 3.52. The van der Waals surface area contributed by atoms with E-state index < -0.39 is 0 Å². The fourth-order valence-corrected chi connectivity index (χ4v) is 2.51. The number of hydrogen-bond acceptors (Lipinski definition) is 4. The van der Waals surface area contributed by atoms with E-state index in [-0.39, 0.29) is 6.04 Å². The highest BCUT2D eigenvalue weighted by Gasteiger charge is 2.17. The summed E-state index contributed by atoms with van der Waals surface area (Å²) in [6.07, 6.45) is 3.76. The summed E-state index contributed by atoms with van der Waals surface area (Å²) in [5, 5.41) is 6.69. The van der Waals surface area contributed by atoms with Crippen LogP contribution in [0.2, 0.25) is 0 Å². The van der Waals surface area contributed by atoms with Crippen molar-refractivity contribution in [3.63, 3.8) is 0 Å². The molecule has 0 spiro atoms. The summed E-state index contributed by atoms with van der Waals surface area (Å²) in [6, 6.07) is 2.19. The Morgan fingerprint density at radius 1 is 1.41 bits per heavy atom. The van der Waals surface area contributed by atoms with Crippen LogP contribution in [0.15, 0.2) is 23.8 Å². The largest absolute Gasteiger partial charge is 0.305 e. The highest BCUT2D eigenvalue weighted by atomic mass is 32.1. The maximum absolute atomic E-state index is 4.58. The molecule has 0 saturated carbocycles. The number of aryl methyl sites for hydroxylation is 2. The van der Waals surface area contributed by atoms with Gasteiger partial charge in [0.25, 0.3) is 0 Å². The SMILES string of the molecule is CCNC(c1csc(C)n1)c1cnccc1C. The average molecular weight is 247 g/mol. The Hall–Kier alpha value is -1.26. The maximum atomic E-state index is 4.58. The van der Waals surface area contributed by atoms with Gasteiger partial charge in [0.2, 0.25) is 0 Å². The molecule has 2 aromatic rings. The summed E-state index contributed by atoms with van der Waals surface area (Å²) in [5.74, 6) is 0. The van der Waals surface area contributed by atoms with Gasteiger partial charge < -0.3 is 5.32 Å². The van der Waals surface area contributed by atoms with Crippen molar-refractivity contribution in [2.24, 2.45) is 0 Å². The van der Waals surface area contributed by atoms with E-state index in [4.69, 9.17) is 0 Å². The number of rotatable bonds is 4. The van der Waals surface area contributed by atoms with E-state index in [9.17, 15) is 0 Å². The van der Waals surface area contributed by atoms with E-state index >= 15 is 0 Å². The van der Waals surface area contributed by atoms with Crippen molar-refractivity contribution in [1.29, 1.82) is 0 Å². The topological polar surface area (TPSA) is 37.8 Å². The summed E-state index contributed by atoms with van der Waals surface area (Å²) in [5.41, 5.74) is 3.54. The van der Waals surface area contributed by atoms with Gasteiger partial charge in [0.1, 0.15) is 0 Å². The Labute approximate surface area is 106 Å². The fraction of sp³-hybridized carbons (Fsp3) is 0.385. The molecule has 0 saturated heterocycles. The minimum Gasteiger partial charge on any atom is -0.305 e. The lowest BCUT2D eigenvalue weighted by molar-refractivity contribution is 0.613. The van der Waals surface area contributed by atoms with Crippen LogP contribution < -0.4 is 5.32 Å². The molecule has 2 rings (SSSR count). The molecule has 90 valence electrons. The fourth-order valence-electron chi connectivity index (χ4n) is 1.87. The maximum Gasteiger partial charge on any atom is 0.0898 e. The smallest absolute Gasteiger partial charge is 0.0898 e. The van der Waals surface area contributed by atoms with Gasteiger partial charge in [0, 0.05) is 17.8 Å². The van der Waals surface area contributed by atoms with Crippen molar-refractivity contribution in [3.8, 4) is 0 Å². The molecule has 0 aromatic carbocycles. The molecule has 0 amide bonds. The number of nitrogens with zero attached hydrogens (tertiary/aromatic N) is 2. The minimum atomic E-state index is 0.152. The van der Waals surface area contributed by atoms with Gasteiger partial charge in [0.05, 0.1) is 16.7 Å². The lowest BCUT2D eigenvalue weighted by atomic mass is 10.0. The monoisotopic (exact) mass is 247 g/mol. The molecule has 0 aliphatic heterocycles. The van der Waals surface area contributed by atoms with Gasteiger partial charge in [-0.15, -0.1) is 11.3 Å². The number of nitrogens with one attached hydrogen (secondary N) is 1. The van der Waals surface area contributed by atoms with Crippen molar-refractivity contribution in [2.75, 3.05) is 6.54 Å². The molecule has 0 aliphatic rings. The molecular formula is C13H17N3S. The Morgan fingerprint density at radius 2 is 2.24 bits per heavy atom. The lowest BCUT2D eigenvalue weighted by Crippen LogP contribution is -2.23. The highest BCUT2D eigenvalue weighted by molar-refractivity contribution is 7.09. The molecule has 2 aromatic heterocycles. The minimum absolute atomic E-state index is 0.152. The molecular weight excluding hydrogens is 230 g/mol. The van der Waals surface area contributed by atoms with E-state index in [0.717, 1.165) is 17.2 Å². The first kappa shape index (κ1) is 12.2. The van der Waals surface area contributed by atoms with Crippen LogP contribution in [0.5, 0.6) is 0 Å². The van der Waals surface area contributed by atoms with Crippen molar-refractivity contribution in [1.82, 2.24) is 15.3 Å². The quantitative estimate of drug-likeness (QED) is 0.902. The van der Waals surface area contributed by atoms with E-state index in [1.807, 2.05) is 25.4 Å². The van der Waals surface area contributed by atoms with E-state index in [0.29, 0.717) is 0 Å². The lowest BCUT2D eigenvalue weighted by Gasteiger charge is -2.17. The second kappa shape index (κ2) is 5.38. The van der Waals surface area contributed by atoms with Crippen LogP contribution in [-0.2, 0) is 0 Å². The number of hydrogen-bond donors (Lipinski definition) is 1. The average Bonchev–Trinajstić information content (AvgIpc) is 2.74. The zero-order valence-electron chi connectivity index (χ0n) is 10.4. The first-order valence-corrected chi connectivity index (χ1v) is 6.66. The van der Waals surface area contributed by atoms with Gasteiger partial charge in [-0.25, -0.2) is 4.98 Å². The van der Waals surface area contributed by atoms with Crippen LogP contribution in [0.1, 0.15) is 34.8 Å². The van der Waals surface area contributed by atoms with Gasteiger partial charge in [0.15, 0.2) is 0 Å². The summed E-state index contributed by atoms with van der Waals surface area (Å²) in [4.78, 5) is 8.79. The van der Waals surface area contributed by atoms with Gasteiger partial charge >= 0.3 is 0 Å². The van der Waals surface area contributed by atoms with Crippen LogP contribution in [-0.4, -0.2) is 16.5 Å². The van der Waals surface area contributed by atoms with Crippen LogP contribution in [0.4, 0.5) is 0 Å². The molecule has 1 N–H and O–H groups in total. The van der Waals surface area contributed by atoms with Gasteiger partial charge in [-0.3, -0.25) is 4.98 Å². The molecule has 1 atom stereocenters. The van der Waals surface area contributed by atoms with Crippen molar-refractivity contribution in [3.05, 3.63) is 45.7 Å². The van der Waals surface area contributed by atoms with Crippen LogP contribution in [0.25, 0.3) is 0 Å². The van der Waals surface area contributed by atoms with Crippen LogP contribution >= 0.6 is 11.3 Å². The third kappa shape index (κ3) is 2.70. The molecule has 2 heterocycles. The zero-order valence-corrected chi connectivity index (χ0v) is 11.2. The van der Waals surface area contributed by atoms with E-state index in [2.05, 4.69) is 34.5 Å². The molecule has 17 heavy (non-hydrogen) atoms. The van der Waals surface area contributed by atoms with Gasteiger partial charge in [-0.1, -0.05) is 6.92 Å². The number of thiazole rings is 1. The second-order valence-electron chi connectivity index (χ2n) is 4.01. The molecule has 0 bridgehead atoms. The predicted octanol–water partition coefficient (Wildman–Crippen LogP) is 2.85. The Morgan fingerprint density at radius 3 is 2.82 bits per heavy atom. The normalized spacial score (nSPS) is 12.6. The standard InChI is InChI=1S/C13H17N3S/c1-4-15-13(12-8-17-10(3)16-12)11-7-14-6-5-9(11)2/h5-8,13,15H,4H2,1-3H3. The summed E-state index contributed by atoms with van der Waals surface area (Å²) in [6.45, 7) is 7.17. The first-order chi connectivity index (χ1) is 8.22. The summed E-state index contributed by atoms with van der Waals surface area (Å²) < 4.78 is 0. The summed E-state index contributed by atoms with van der Waals surface area (Å²) >= 11 is 1.69. The Balaban J connectivity index is 2.39. The molecule has 4 heteroatoms. The van der Waals surface area contributed by atoms with Gasteiger partial charge in [-0.05, 0) is 37.6 Å². The summed E-state index contributed by atoms with van der Waals surface area (Å²) in [7, 11) is 0. The predicted molar refractivity (Wildman–Crippen MR) is 71.3 cm³/mol. The zero-order chi connectivity index (χ0) is 12.3. The van der Waals surface area contributed by atoms with Crippen molar-refractivity contribution in [2.45, 2.75) is 26.8 Å². The first-order valence-electron chi connectivity index (χ1n) is 5.78. The number of aromatic nitrogens is 2. The Kier molecular flexibility index (Phi) is 3.86. The Bertz CT molecular complexity index is 493. The van der Waals surface area contributed by atoms with Crippen molar-refractivity contribution < 1.29 is 0 Å². The molecule has 3 nitrogen and oxygen atoms in total. The third-order valence-electron chi connectivity index (χ3n) is 2.73. The van der Waals surface area contributed by atoms with E-state index in [1.54, 1.807) is 11.3 Å². The molecule has 0 radical (unpaired) electrons. The van der Waals surface area contributed by atoms with Gasteiger partial charge in [-0.2, -0.15) is 0 Å². The van der Waals surface area contributed by atoms with Crippen molar-refractivity contribution >= 4 is 11.3 Å². The molecule has 0 fully saturated rings. The molecule has 1 unspecified atom stereocenters. The number of pyridine rings is 1. The highest BCUT2D eigenvalue weighted by Crippen LogP contribution is 2.25. The van der Waals surface area contributed by atoms with E-state index in [1.165, 1.54) is 11.1 Å². The molecule has 0 aliphatic carbocycles. The second-order valence-corrected chi connectivity index (χ2v) is 5.08. The van der Waals surface area contributed by atoms with Crippen LogP contribution in [0.3, 0.4) is 0 Å². The van der Waals surface area contributed by atoms with Crippen LogP contribution in [0, 0.1) is 13.8 Å².